The van der Waals surface area contributed by atoms with E-state index >= 15 is 0 Å². The fourth-order valence-corrected chi connectivity index (χ4v) is 4.40. The smallest absolute Gasteiger partial charge is 0.120 e. The minimum Gasteiger partial charge on any atom is -0.303 e. The second-order valence-corrected chi connectivity index (χ2v) is 6.13. The Morgan fingerprint density at radius 3 is 2.94 bits per heavy atom. The Balaban J connectivity index is 2.27. The lowest BCUT2D eigenvalue weighted by Gasteiger charge is -2.53. The summed E-state index contributed by atoms with van der Waals surface area (Å²) in [5.41, 5.74) is 1.69. The summed E-state index contributed by atoms with van der Waals surface area (Å²) in [4.78, 5) is 10.9. The van der Waals surface area contributed by atoms with Gasteiger partial charge in [0, 0.05) is 6.42 Å². The fraction of sp³-hybridized carbons (Fsp3) is 0.800. The first-order chi connectivity index (χ1) is 7.59. The Morgan fingerprint density at radius 1 is 1.50 bits per heavy atom. The Hall–Kier alpha value is -0.590. The van der Waals surface area contributed by atoms with Gasteiger partial charge in [-0.05, 0) is 42.4 Å². The molecule has 16 heavy (non-hydrogen) atoms. The molecule has 0 spiro atoms. The third-order valence-corrected chi connectivity index (χ3v) is 5.31. The molecule has 0 aliphatic heterocycles. The van der Waals surface area contributed by atoms with Crippen LogP contribution in [0.5, 0.6) is 0 Å². The van der Waals surface area contributed by atoms with Gasteiger partial charge in [-0.3, -0.25) is 0 Å². The zero-order valence-electron chi connectivity index (χ0n) is 10.7. The molecule has 2 fully saturated rings. The first-order valence-corrected chi connectivity index (χ1v) is 6.71. The molecule has 1 heteroatoms. The molecule has 0 radical (unpaired) electrons. The molecule has 0 aromatic rings. The van der Waals surface area contributed by atoms with E-state index < -0.39 is 0 Å². The van der Waals surface area contributed by atoms with E-state index in [0.29, 0.717) is 17.8 Å². The number of hydrogen-bond donors (Lipinski definition) is 0. The van der Waals surface area contributed by atoms with Gasteiger partial charge in [0.1, 0.15) is 6.29 Å². The quantitative estimate of drug-likeness (QED) is 0.508. The van der Waals surface area contributed by atoms with Crippen molar-refractivity contribution in [2.75, 3.05) is 0 Å². The van der Waals surface area contributed by atoms with E-state index in [2.05, 4.69) is 20.4 Å². The highest BCUT2D eigenvalue weighted by molar-refractivity contribution is 5.51. The zero-order valence-corrected chi connectivity index (χ0v) is 10.7. The molecule has 4 unspecified atom stereocenters. The number of hydrogen-bond acceptors (Lipinski definition) is 1. The Bertz CT molecular complexity index is 294. The second kappa shape index (κ2) is 4.35. The maximum atomic E-state index is 10.9. The average Bonchev–Trinajstić information content (AvgIpc) is 2.23. The lowest BCUT2D eigenvalue weighted by molar-refractivity contribution is -0.110. The minimum absolute atomic E-state index is 0.355. The fourth-order valence-electron chi connectivity index (χ4n) is 4.40. The summed E-state index contributed by atoms with van der Waals surface area (Å²) in [5, 5.41) is 0. The van der Waals surface area contributed by atoms with E-state index in [1.807, 2.05) is 0 Å². The summed E-state index contributed by atoms with van der Waals surface area (Å²) < 4.78 is 0. The van der Waals surface area contributed by atoms with Gasteiger partial charge in [-0.1, -0.05) is 38.8 Å². The molecule has 90 valence electrons. The Morgan fingerprint density at radius 2 is 2.25 bits per heavy atom. The SMILES string of the molecule is C=C1CCC2C(C)CCCC2(C)C1CC=O. The highest BCUT2D eigenvalue weighted by atomic mass is 16.1. The molecule has 1 nitrogen and oxygen atoms in total. The monoisotopic (exact) mass is 220 g/mol. The molecule has 0 aromatic carbocycles. The van der Waals surface area contributed by atoms with E-state index in [-0.39, 0.29) is 0 Å². The first-order valence-electron chi connectivity index (χ1n) is 6.71. The van der Waals surface area contributed by atoms with Crippen molar-refractivity contribution in [2.45, 2.75) is 52.4 Å². The molecule has 2 aliphatic rings. The molecule has 0 amide bonds. The number of carbonyl (C=O) groups is 1. The highest BCUT2D eigenvalue weighted by Gasteiger charge is 2.48. The molecule has 0 N–H and O–H groups in total. The summed E-state index contributed by atoms with van der Waals surface area (Å²) in [7, 11) is 0. The first kappa shape index (κ1) is 11.9. The third-order valence-electron chi connectivity index (χ3n) is 5.31. The van der Waals surface area contributed by atoms with Gasteiger partial charge in [0.2, 0.25) is 0 Å². The van der Waals surface area contributed by atoms with E-state index in [1.54, 1.807) is 0 Å². The van der Waals surface area contributed by atoms with Crippen LogP contribution in [-0.2, 0) is 4.79 Å². The molecule has 0 aromatic heterocycles. The van der Waals surface area contributed by atoms with Crippen LogP contribution in [0.2, 0.25) is 0 Å². The average molecular weight is 220 g/mol. The van der Waals surface area contributed by atoms with Crippen molar-refractivity contribution in [1.82, 2.24) is 0 Å². The Labute approximate surface area is 99.3 Å². The van der Waals surface area contributed by atoms with Crippen LogP contribution in [0.1, 0.15) is 52.4 Å². The number of aldehydes is 1. The maximum Gasteiger partial charge on any atom is 0.120 e. The third kappa shape index (κ3) is 1.74. The predicted molar refractivity (Wildman–Crippen MR) is 67.2 cm³/mol. The standard InChI is InChI=1S/C15H24O/c1-11-5-4-9-15(3)13(11)7-6-12(2)14(15)8-10-16/h10-11,13-14H,2,4-9H2,1,3H3. The van der Waals surface area contributed by atoms with Gasteiger partial charge in [-0.2, -0.15) is 0 Å². The molecule has 2 aliphatic carbocycles. The zero-order chi connectivity index (χ0) is 11.8. The van der Waals surface area contributed by atoms with Crippen molar-refractivity contribution < 1.29 is 4.79 Å². The van der Waals surface area contributed by atoms with Crippen molar-refractivity contribution in [1.29, 1.82) is 0 Å². The van der Waals surface area contributed by atoms with Gasteiger partial charge in [-0.25, -0.2) is 0 Å². The maximum absolute atomic E-state index is 10.9. The summed E-state index contributed by atoms with van der Waals surface area (Å²) >= 11 is 0. The topological polar surface area (TPSA) is 17.1 Å². The molecule has 4 atom stereocenters. The molecule has 2 rings (SSSR count). The minimum atomic E-state index is 0.355. The van der Waals surface area contributed by atoms with E-state index in [1.165, 1.54) is 31.3 Å². The number of carbonyl (C=O) groups excluding carboxylic acids is 1. The van der Waals surface area contributed by atoms with Crippen LogP contribution in [0.15, 0.2) is 12.2 Å². The molecule has 2 saturated carbocycles. The molecular formula is C15H24O. The van der Waals surface area contributed by atoms with Crippen LogP contribution in [0.4, 0.5) is 0 Å². The summed E-state index contributed by atoms with van der Waals surface area (Å²) in [6.07, 6.45) is 8.23. The van der Waals surface area contributed by atoms with E-state index in [0.717, 1.165) is 24.5 Å². The van der Waals surface area contributed by atoms with Crippen LogP contribution in [0.3, 0.4) is 0 Å². The van der Waals surface area contributed by atoms with Crippen molar-refractivity contribution in [3.05, 3.63) is 12.2 Å². The van der Waals surface area contributed by atoms with Crippen LogP contribution < -0.4 is 0 Å². The van der Waals surface area contributed by atoms with Crippen molar-refractivity contribution in [3.63, 3.8) is 0 Å². The molecule has 0 heterocycles. The lowest BCUT2D eigenvalue weighted by atomic mass is 9.51. The van der Waals surface area contributed by atoms with Gasteiger partial charge in [0.25, 0.3) is 0 Å². The number of fused-ring (bicyclic) bond motifs is 1. The van der Waals surface area contributed by atoms with Crippen LogP contribution in [0.25, 0.3) is 0 Å². The largest absolute Gasteiger partial charge is 0.303 e. The van der Waals surface area contributed by atoms with Crippen LogP contribution in [0, 0.1) is 23.2 Å². The summed E-state index contributed by atoms with van der Waals surface area (Å²) in [6, 6.07) is 0. The van der Waals surface area contributed by atoms with Crippen molar-refractivity contribution >= 4 is 6.29 Å². The number of allylic oxidation sites excluding steroid dienone is 1. The van der Waals surface area contributed by atoms with Gasteiger partial charge < -0.3 is 4.79 Å². The molecule has 0 saturated heterocycles. The van der Waals surface area contributed by atoms with Gasteiger partial charge >= 0.3 is 0 Å². The highest BCUT2D eigenvalue weighted by Crippen LogP contribution is 2.57. The lowest BCUT2D eigenvalue weighted by Crippen LogP contribution is -2.45. The van der Waals surface area contributed by atoms with Gasteiger partial charge in [0.15, 0.2) is 0 Å². The molecule has 0 bridgehead atoms. The van der Waals surface area contributed by atoms with Gasteiger partial charge in [0.05, 0.1) is 0 Å². The normalized spacial score (nSPS) is 43.9. The number of rotatable bonds is 2. The summed E-state index contributed by atoms with van der Waals surface area (Å²) in [6.45, 7) is 9.02. The van der Waals surface area contributed by atoms with Crippen molar-refractivity contribution in [3.8, 4) is 0 Å². The van der Waals surface area contributed by atoms with Crippen LogP contribution in [-0.4, -0.2) is 6.29 Å². The van der Waals surface area contributed by atoms with Crippen LogP contribution >= 0.6 is 0 Å². The van der Waals surface area contributed by atoms with Crippen molar-refractivity contribution in [2.24, 2.45) is 23.2 Å². The predicted octanol–water partition coefficient (Wildman–Crippen LogP) is 3.98. The summed E-state index contributed by atoms with van der Waals surface area (Å²) in [5.74, 6) is 2.10. The van der Waals surface area contributed by atoms with E-state index in [4.69, 9.17) is 0 Å². The van der Waals surface area contributed by atoms with Gasteiger partial charge in [-0.15, -0.1) is 0 Å². The molecular weight excluding hydrogens is 196 g/mol. The van der Waals surface area contributed by atoms with E-state index in [9.17, 15) is 4.79 Å². The Kier molecular flexibility index (Phi) is 3.23. The second-order valence-electron chi connectivity index (χ2n) is 6.13.